The van der Waals surface area contributed by atoms with Gasteiger partial charge in [0.2, 0.25) is 21.8 Å². The number of benzene rings is 2. The van der Waals surface area contributed by atoms with Gasteiger partial charge in [-0.1, -0.05) is 29.8 Å². The third-order valence-corrected chi connectivity index (χ3v) is 6.48. The van der Waals surface area contributed by atoms with E-state index in [1.54, 1.807) is 17.0 Å². The number of rotatable bonds is 8. The van der Waals surface area contributed by atoms with Gasteiger partial charge in [0.15, 0.2) is 0 Å². The van der Waals surface area contributed by atoms with Crippen LogP contribution in [0.15, 0.2) is 42.5 Å². The van der Waals surface area contributed by atoms with Crippen molar-refractivity contribution in [3.05, 3.63) is 53.6 Å². The Hall–Kier alpha value is -3.07. The molecule has 2 N–H and O–H groups in total. The maximum atomic E-state index is 12.7. The average molecular weight is 446 g/mol. The van der Waals surface area contributed by atoms with E-state index in [2.05, 4.69) is 10.0 Å². The molecule has 1 unspecified atom stereocenters. The minimum Gasteiger partial charge on any atom is -0.494 e. The molecule has 0 bridgehead atoms. The van der Waals surface area contributed by atoms with Crippen LogP contribution in [0.3, 0.4) is 0 Å². The zero-order chi connectivity index (χ0) is 22.6. The molecule has 1 aliphatic heterocycles. The molecule has 0 aliphatic carbocycles. The van der Waals surface area contributed by atoms with Gasteiger partial charge in [0.05, 0.1) is 24.5 Å². The third-order valence-electron chi connectivity index (χ3n) is 5.19. The summed E-state index contributed by atoms with van der Waals surface area (Å²) in [6.45, 7) is 4.37. The van der Waals surface area contributed by atoms with E-state index in [0.29, 0.717) is 30.2 Å². The summed E-state index contributed by atoms with van der Waals surface area (Å²) >= 11 is 0. The summed E-state index contributed by atoms with van der Waals surface area (Å²) in [6, 6.07) is 12.6. The number of amides is 2. The van der Waals surface area contributed by atoms with E-state index in [1.165, 1.54) is 20.1 Å². The van der Waals surface area contributed by atoms with Crippen LogP contribution in [0.5, 0.6) is 5.75 Å². The number of likely N-dealkylation sites (tertiary alicyclic amines) is 1. The van der Waals surface area contributed by atoms with Crippen molar-refractivity contribution in [1.82, 2.24) is 4.90 Å². The molecular formula is C22H27N3O5S. The zero-order valence-electron chi connectivity index (χ0n) is 17.8. The Morgan fingerprint density at radius 2 is 1.90 bits per heavy atom. The summed E-state index contributed by atoms with van der Waals surface area (Å²) in [4.78, 5) is 26.8. The number of carbonyl (C=O) groups is 2. The summed E-state index contributed by atoms with van der Waals surface area (Å²) in [5.74, 6) is -0.546. The fraction of sp³-hybridized carbons (Fsp3) is 0.364. The summed E-state index contributed by atoms with van der Waals surface area (Å²) in [6.07, 6.45) is 0.156. The molecule has 1 fully saturated rings. The van der Waals surface area contributed by atoms with Crippen molar-refractivity contribution in [1.29, 1.82) is 0 Å². The van der Waals surface area contributed by atoms with Crippen LogP contribution in [-0.4, -0.2) is 44.5 Å². The van der Waals surface area contributed by atoms with Crippen molar-refractivity contribution in [3.8, 4) is 5.75 Å². The Balaban J connectivity index is 1.64. The Kier molecular flexibility index (Phi) is 6.84. The lowest BCUT2D eigenvalue weighted by atomic mass is 10.1. The molecule has 1 saturated heterocycles. The second-order valence-electron chi connectivity index (χ2n) is 7.57. The van der Waals surface area contributed by atoms with Crippen LogP contribution in [0, 0.1) is 12.8 Å². The first kappa shape index (κ1) is 22.6. The average Bonchev–Trinajstić information content (AvgIpc) is 3.11. The molecule has 1 atom stereocenters. The highest BCUT2D eigenvalue weighted by atomic mass is 32.2. The van der Waals surface area contributed by atoms with Crippen LogP contribution in [0.25, 0.3) is 0 Å². The third kappa shape index (κ3) is 5.75. The normalized spacial score (nSPS) is 16.3. The second kappa shape index (κ2) is 9.38. The fourth-order valence-electron chi connectivity index (χ4n) is 3.35. The van der Waals surface area contributed by atoms with Gasteiger partial charge in [-0.15, -0.1) is 0 Å². The maximum Gasteiger partial charge on any atom is 0.232 e. The topological polar surface area (TPSA) is 105 Å². The number of hydrogen-bond donors (Lipinski definition) is 2. The van der Waals surface area contributed by atoms with Crippen molar-refractivity contribution >= 4 is 33.2 Å². The smallest absolute Gasteiger partial charge is 0.232 e. The van der Waals surface area contributed by atoms with Crippen LogP contribution in [-0.2, 0) is 26.2 Å². The summed E-state index contributed by atoms with van der Waals surface area (Å²) in [5, 5.41) is 2.80. The molecule has 0 saturated carbocycles. The number of methoxy groups -OCH3 is 1. The Morgan fingerprint density at radius 3 is 2.55 bits per heavy atom. The standard InChI is InChI=1S/C22H27N3O5S/c1-4-31(28,29)24-19-10-9-18(12-20(19)30-3)23-22(27)17-11-21(26)25(14-17)13-16-7-5-15(2)6-8-16/h5-10,12,17,24H,4,11,13-14H2,1-3H3,(H,23,27). The molecule has 2 aromatic carbocycles. The molecule has 3 rings (SSSR count). The van der Waals surface area contributed by atoms with E-state index in [9.17, 15) is 18.0 Å². The van der Waals surface area contributed by atoms with Crippen molar-refractivity contribution in [2.45, 2.75) is 26.8 Å². The first-order valence-corrected chi connectivity index (χ1v) is 11.7. The molecule has 8 nitrogen and oxygen atoms in total. The van der Waals surface area contributed by atoms with Crippen molar-refractivity contribution in [2.24, 2.45) is 5.92 Å². The number of anilines is 2. The van der Waals surface area contributed by atoms with Crippen molar-refractivity contribution in [3.63, 3.8) is 0 Å². The van der Waals surface area contributed by atoms with Gasteiger partial charge in [0.1, 0.15) is 5.75 Å². The molecule has 0 spiro atoms. The van der Waals surface area contributed by atoms with Crippen molar-refractivity contribution < 1.29 is 22.7 Å². The largest absolute Gasteiger partial charge is 0.494 e. The highest BCUT2D eigenvalue weighted by Crippen LogP contribution is 2.30. The van der Waals surface area contributed by atoms with Crippen LogP contribution in [0.2, 0.25) is 0 Å². The lowest BCUT2D eigenvalue weighted by Crippen LogP contribution is -2.28. The van der Waals surface area contributed by atoms with Gasteiger partial charge in [-0.3, -0.25) is 14.3 Å². The van der Waals surface area contributed by atoms with Crippen LogP contribution < -0.4 is 14.8 Å². The number of ether oxygens (including phenoxy) is 1. The van der Waals surface area contributed by atoms with E-state index in [-0.39, 0.29) is 24.0 Å². The van der Waals surface area contributed by atoms with Crippen LogP contribution in [0.4, 0.5) is 11.4 Å². The minimum absolute atomic E-state index is 0.0531. The predicted octanol–water partition coefficient (Wildman–Crippen LogP) is 2.75. The van der Waals surface area contributed by atoms with Gasteiger partial charge < -0.3 is 15.0 Å². The maximum absolute atomic E-state index is 12.7. The second-order valence-corrected chi connectivity index (χ2v) is 9.58. The first-order chi connectivity index (χ1) is 14.7. The van der Waals surface area contributed by atoms with Gasteiger partial charge in [0, 0.05) is 31.3 Å². The Morgan fingerprint density at radius 1 is 1.19 bits per heavy atom. The van der Waals surface area contributed by atoms with E-state index in [4.69, 9.17) is 4.74 Å². The molecule has 1 aliphatic rings. The first-order valence-electron chi connectivity index (χ1n) is 10.0. The molecule has 0 radical (unpaired) electrons. The zero-order valence-corrected chi connectivity index (χ0v) is 18.7. The molecule has 0 aromatic heterocycles. The van der Waals surface area contributed by atoms with Gasteiger partial charge in [-0.2, -0.15) is 0 Å². The number of carbonyl (C=O) groups excluding carboxylic acids is 2. The Labute approximate surface area is 182 Å². The monoisotopic (exact) mass is 445 g/mol. The lowest BCUT2D eigenvalue weighted by molar-refractivity contribution is -0.128. The molecule has 1 heterocycles. The summed E-state index contributed by atoms with van der Waals surface area (Å²) < 4.78 is 31.3. The minimum atomic E-state index is -3.46. The predicted molar refractivity (Wildman–Crippen MR) is 119 cm³/mol. The number of hydrogen-bond acceptors (Lipinski definition) is 5. The molecule has 2 aromatic rings. The molecular weight excluding hydrogens is 418 g/mol. The lowest BCUT2D eigenvalue weighted by Gasteiger charge is -2.17. The van der Waals surface area contributed by atoms with E-state index < -0.39 is 15.9 Å². The number of nitrogens with zero attached hydrogens (tertiary/aromatic N) is 1. The SMILES string of the molecule is CCS(=O)(=O)Nc1ccc(NC(=O)C2CC(=O)N(Cc3ccc(C)cc3)C2)cc1OC. The van der Waals surface area contributed by atoms with E-state index in [0.717, 1.165) is 11.1 Å². The molecule has 2 amide bonds. The Bertz CT molecular complexity index is 1070. The molecule has 31 heavy (non-hydrogen) atoms. The van der Waals surface area contributed by atoms with Crippen molar-refractivity contribution in [2.75, 3.05) is 29.4 Å². The molecule has 9 heteroatoms. The van der Waals surface area contributed by atoms with Crippen LogP contribution >= 0.6 is 0 Å². The van der Waals surface area contributed by atoms with E-state index in [1.807, 2.05) is 31.2 Å². The number of aryl methyl sites for hydroxylation is 1. The number of nitrogens with one attached hydrogen (secondary N) is 2. The van der Waals surface area contributed by atoms with Gasteiger partial charge in [0.25, 0.3) is 0 Å². The summed E-state index contributed by atoms with van der Waals surface area (Å²) in [7, 11) is -2.04. The number of sulfonamides is 1. The van der Waals surface area contributed by atoms with Gasteiger partial charge in [-0.25, -0.2) is 8.42 Å². The van der Waals surface area contributed by atoms with Gasteiger partial charge >= 0.3 is 0 Å². The highest BCUT2D eigenvalue weighted by molar-refractivity contribution is 7.92. The fourth-order valence-corrected chi connectivity index (χ4v) is 4.00. The summed E-state index contributed by atoms with van der Waals surface area (Å²) in [5.41, 5.74) is 2.93. The quantitative estimate of drug-likeness (QED) is 0.650. The van der Waals surface area contributed by atoms with E-state index >= 15 is 0 Å². The molecule has 166 valence electrons. The highest BCUT2D eigenvalue weighted by Gasteiger charge is 2.34. The van der Waals surface area contributed by atoms with Gasteiger partial charge in [-0.05, 0) is 31.5 Å². The van der Waals surface area contributed by atoms with Crippen LogP contribution in [0.1, 0.15) is 24.5 Å².